The summed E-state index contributed by atoms with van der Waals surface area (Å²) in [5, 5.41) is 9.88. The predicted octanol–water partition coefficient (Wildman–Crippen LogP) is 2.91. The number of hydrogen-bond acceptors (Lipinski definition) is 3. The van der Waals surface area contributed by atoms with Crippen LogP contribution in [0.25, 0.3) is 0 Å². The first-order valence-corrected chi connectivity index (χ1v) is 8.20. The highest BCUT2D eigenvalue weighted by Crippen LogP contribution is 2.17. The van der Waals surface area contributed by atoms with Gasteiger partial charge in [0.05, 0.1) is 5.69 Å². The maximum absolute atomic E-state index is 12.6. The Labute approximate surface area is 142 Å². The summed E-state index contributed by atoms with van der Waals surface area (Å²) < 4.78 is 1.64. The topological polar surface area (TPSA) is 76.0 Å². The molecule has 1 heterocycles. The molecule has 0 aliphatic carbocycles. The summed E-state index contributed by atoms with van der Waals surface area (Å²) in [5.41, 5.74) is 3.16. The first-order chi connectivity index (χ1) is 11.5. The molecule has 0 saturated heterocycles. The summed E-state index contributed by atoms with van der Waals surface area (Å²) >= 11 is 0. The summed E-state index contributed by atoms with van der Waals surface area (Å²) in [7, 11) is 0. The van der Waals surface area contributed by atoms with E-state index in [1.807, 2.05) is 45.9 Å². The van der Waals surface area contributed by atoms with Gasteiger partial charge >= 0.3 is 0 Å². The van der Waals surface area contributed by atoms with Gasteiger partial charge in [-0.05, 0) is 38.8 Å². The van der Waals surface area contributed by atoms with Crippen LogP contribution in [-0.4, -0.2) is 28.1 Å². The number of amides is 2. The van der Waals surface area contributed by atoms with Crippen LogP contribution in [0.1, 0.15) is 52.2 Å². The Morgan fingerprint density at radius 3 is 2.58 bits per heavy atom. The fourth-order valence-electron chi connectivity index (χ4n) is 2.33. The van der Waals surface area contributed by atoms with Crippen molar-refractivity contribution in [2.24, 2.45) is 0 Å². The summed E-state index contributed by atoms with van der Waals surface area (Å²) in [6.45, 7) is 8.92. The van der Waals surface area contributed by atoms with Crippen molar-refractivity contribution in [3.63, 3.8) is 0 Å². The molecule has 0 fully saturated rings. The van der Waals surface area contributed by atoms with E-state index in [0.29, 0.717) is 24.3 Å². The zero-order valence-corrected chi connectivity index (χ0v) is 14.6. The van der Waals surface area contributed by atoms with E-state index >= 15 is 0 Å². The number of hydrogen-bond donors (Lipinski definition) is 2. The fraction of sp³-hybridized carbons (Fsp3) is 0.389. The zero-order chi connectivity index (χ0) is 17.7. The molecule has 24 heavy (non-hydrogen) atoms. The van der Waals surface area contributed by atoms with Crippen molar-refractivity contribution in [2.75, 3.05) is 11.9 Å². The Kier molecular flexibility index (Phi) is 5.73. The molecule has 0 bridgehead atoms. The molecule has 0 aliphatic rings. The lowest BCUT2D eigenvalue weighted by atomic mass is 10.1. The highest BCUT2D eigenvalue weighted by Gasteiger charge is 2.19. The Bertz CT molecular complexity index is 749. The Morgan fingerprint density at radius 1 is 1.17 bits per heavy atom. The second-order valence-corrected chi connectivity index (χ2v) is 5.78. The second-order valence-electron chi connectivity index (χ2n) is 5.78. The molecular formula is C18H24N4O2. The Hall–Kier alpha value is -2.63. The molecule has 0 radical (unpaired) electrons. The Balaban J connectivity index is 2.28. The van der Waals surface area contributed by atoms with Gasteiger partial charge in [0.25, 0.3) is 11.8 Å². The first-order valence-electron chi connectivity index (χ1n) is 8.20. The van der Waals surface area contributed by atoms with Crippen LogP contribution in [0.15, 0.2) is 24.4 Å². The van der Waals surface area contributed by atoms with Crippen LogP contribution in [0.3, 0.4) is 0 Å². The highest BCUT2D eigenvalue weighted by atomic mass is 16.2. The molecule has 0 unspecified atom stereocenters. The second kappa shape index (κ2) is 7.77. The van der Waals surface area contributed by atoms with Crippen molar-refractivity contribution in [1.29, 1.82) is 0 Å². The van der Waals surface area contributed by atoms with Crippen molar-refractivity contribution in [3.8, 4) is 0 Å². The average Bonchev–Trinajstić information content (AvgIpc) is 2.97. The number of carbonyl (C=O) groups excluding carboxylic acids is 2. The number of nitrogens with zero attached hydrogens (tertiary/aromatic N) is 2. The quantitative estimate of drug-likeness (QED) is 0.856. The van der Waals surface area contributed by atoms with Gasteiger partial charge in [-0.3, -0.25) is 14.3 Å². The normalized spacial score (nSPS) is 10.5. The molecule has 6 nitrogen and oxygen atoms in total. The number of nitrogens with one attached hydrogen (secondary N) is 2. The summed E-state index contributed by atoms with van der Waals surface area (Å²) in [6.07, 6.45) is 2.52. The van der Waals surface area contributed by atoms with Gasteiger partial charge in [-0.1, -0.05) is 24.6 Å². The monoisotopic (exact) mass is 328 g/mol. The molecular weight excluding hydrogens is 304 g/mol. The number of anilines is 1. The van der Waals surface area contributed by atoms with Gasteiger partial charge in [-0.15, -0.1) is 0 Å². The first kappa shape index (κ1) is 17.7. The van der Waals surface area contributed by atoms with E-state index in [-0.39, 0.29) is 17.5 Å². The minimum absolute atomic E-state index is 0.239. The fourth-order valence-corrected chi connectivity index (χ4v) is 2.33. The van der Waals surface area contributed by atoms with Crippen LogP contribution >= 0.6 is 0 Å². The zero-order valence-electron chi connectivity index (χ0n) is 14.6. The molecule has 2 N–H and O–H groups in total. The van der Waals surface area contributed by atoms with Gasteiger partial charge in [0.1, 0.15) is 0 Å². The van der Waals surface area contributed by atoms with Crippen LogP contribution in [0.5, 0.6) is 0 Å². The lowest BCUT2D eigenvalue weighted by Crippen LogP contribution is -2.26. The van der Waals surface area contributed by atoms with E-state index in [9.17, 15) is 9.59 Å². The van der Waals surface area contributed by atoms with Crippen LogP contribution in [0, 0.1) is 13.8 Å². The summed E-state index contributed by atoms with van der Waals surface area (Å²) in [5.74, 6) is -0.517. The molecule has 1 aromatic carbocycles. The third-order valence-electron chi connectivity index (χ3n) is 3.72. The number of benzene rings is 1. The van der Waals surface area contributed by atoms with Crippen molar-refractivity contribution in [3.05, 3.63) is 46.8 Å². The maximum Gasteiger partial charge on any atom is 0.273 e. The predicted molar refractivity (Wildman–Crippen MR) is 94.4 cm³/mol. The third-order valence-corrected chi connectivity index (χ3v) is 3.72. The van der Waals surface area contributed by atoms with Crippen LogP contribution in [0.2, 0.25) is 0 Å². The van der Waals surface area contributed by atoms with Gasteiger partial charge in [0.15, 0.2) is 5.69 Å². The van der Waals surface area contributed by atoms with E-state index in [2.05, 4.69) is 15.7 Å². The molecule has 6 heteroatoms. The molecule has 2 amide bonds. The van der Waals surface area contributed by atoms with Crippen molar-refractivity contribution >= 4 is 17.5 Å². The number of aromatic nitrogens is 2. The lowest BCUT2D eigenvalue weighted by molar-refractivity contribution is 0.0948. The maximum atomic E-state index is 12.6. The van der Waals surface area contributed by atoms with E-state index in [1.54, 1.807) is 10.9 Å². The SMILES string of the molecule is CCCNC(=O)c1nn(CC)cc1NC(=O)c1cc(C)ccc1C. The standard InChI is InChI=1S/C18H24N4O2/c1-5-9-19-18(24)16-15(11-22(6-2)21-16)20-17(23)14-10-12(3)7-8-13(14)4/h7-8,10-11H,5-6,9H2,1-4H3,(H,19,24)(H,20,23). The number of rotatable bonds is 6. The molecule has 0 saturated carbocycles. The van der Waals surface area contributed by atoms with E-state index in [4.69, 9.17) is 0 Å². The minimum atomic E-state index is -0.277. The van der Waals surface area contributed by atoms with Gasteiger partial charge < -0.3 is 10.6 Å². The van der Waals surface area contributed by atoms with Crippen LogP contribution < -0.4 is 10.6 Å². The number of carbonyl (C=O) groups is 2. The molecule has 2 aromatic rings. The third kappa shape index (κ3) is 4.01. The van der Waals surface area contributed by atoms with Gasteiger partial charge in [0.2, 0.25) is 0 Å². The smallest absolute Gasteiger partial charge is 0.273 e. The molecule has 0 spiro atoms. The van der Waals surface area contributed by atoms with E-state index in [1.165, 1.54) is 0 Å². The lowest BCUT2D eigenvalue weighted by Gasteiger charge is -2.08. The molecule has 1 aromatic heterocycles. The average molecular weight is 328 g/mol. The van der Waals surface area contributed by atoms with Crippen LogP contribution in [0.4, 0.5) is 5.69 Å². The van der Waals surface area contributed by atoms with Gasteiger partial charge in [0, 0.05) is 24.8 Å². The van der Waals surface area contributed by atoms with E-state index < -0.39 is 0 Å². The van der Waals surface area contributed by atoms with Crippen LogP contribution in [-0.2, 0) is 6.54 Å². The van der Waals surface area contributed by atoms with Gasteiger partial charge in [-0.2, -0.15) is 5.10 Å². The molecule has 0 atom stereocenters. The number of aryl methyl sites for hydroxylation is 3. The molecule has 0 aliphatic heterocycles. The summed E-state index contributed by atoms with van der Waals surface area (Å²) in [4.78, 5) is 24.8. The molecule has 2 rings (SSSR count). The Morgan fingerprint density at radius 2 is 1.92 bits per heavy atom. The molecule has 128 valence electrons. The minimum Gasteiger partial charge on any atom is -0.351 e. The summed E-state index contributed by atoms with van der Waals surface area (Å²) in [6, 6.07) is 5.71. The van der Waals surface area contributed by atoms with Crippen molar-refractivity contribution in [2.45, 2.75) is 40.7 Å². The van der Waals surface area contributed by atoms with Crippen molar-refractivity contribution in [1.82, 2.24) is 15.1 Å². The van der Waals surface area contributed by atoms with Gasteiger partial charge in [-0.25, -0.2) is 0 Å². The van der Waals surface area contributed by atoms with E-state index in [0.717, 1.165) is 17.5 Å². The highest BCUT2D eigenvalue weighted by molar-refractivity contribution is 6.08. The largest absolute Gasteiger partial charge is 0.351 e. The van der Waals surface area contributed by atoms with Crippen molar-refractivity contribution < 1.29 is 9.59 Å².